The summed E-state index contributed by atoms with van der Waals surface area (Å²) in [5.74, 6) is -0.267. The largest absolute Gasteiger partial charge is 0.394 e. The highest BCUT2D eigenvalue weighted by Crippen LogP contribution is 2.34. The molecule has 3 aliphatic heterocycles. The highest BCUT2D eigenvalue weighted by molar-refractivity contribution is 5.76. The summed E-state index contributed by atoms with van der Waals surface area (Å²) >= 11 is 0. The van der Waals surface area contributed by atoms with Crippen LogP contribution in [0, 0.1) is 0 Å². The lowest BCUT2D eigenvalue weighted by molar-refractivity contribution is -0.379. The molecule has 0 aliphatic carbocycles. The van der Waals surface area contributed by atoms with Crippen LogP contribution < -0.4 is 5.32 Å². The van der Waals surface area contributed by atoms with E-state index >= 15 is 0 Å². The van der Waals surface area contributed by atoms with Gasteiger partial charge < -0.3 is 89.9 Å². The summed E-state index contributed by atoms with van der Waals surface area (Å²) in [6, 6.07) is -0.974. The molecule has 0 saturated carbocycles. The fraction of sp³-hybridized carbons (Fsp3) is 0.922. The van der Waals surface area contributed by atoms with Crippen LogP contribution in [-0.2, 0) is 33.2 Å². The van der Waals surface area contributed by atoms with Crippen LogP contribution in [0.4, 0.5) is 0 Å². The molecule has 0 aromatic carbocycles. The molecule has 0 radical (unpaired) electrons. The van der Waals surface area contributed by atoms with Crippen molar-refractivity contribution >= 4 is 5.91 Å². The number of amides is 1. The molecule has 3 fully saturated rings. The molecular weight excluding hydrogens is 1380 g/mol. The zero-order valence-electron chi connectivity index (χ0n) is 69.3. The van der Waals surface area contributed by atoms with E-state index in [9.17, 15) is 61.0 Å². The van der Waals surface area contributed by atoms with E-state index < -0.39 is 124 Å². The van der Waals surface area contributed by atoms with Gasteiger partial charge in [0, 0.05) is 6.42 Å². The predicted octanol–water partition coefficient (Wildman–Crippen LogP) is 17.4. The molecule has 3 rings (SSSR count). The summed E-state index contributed by atoms with van der Waals surface area (Å²) in [6.07, 6.45) is 63.0. The van der Waals surface area contributed by atoms with Gasteiger partial charge in [-0.25, -0.2) is 0 Å². The molecule has 109 heavy (non-hydrogen) atoms. The molecule has 3 aliphatic rings. The van der Waals surface area contributed by atoms with Gasteiger partial charge in [-0.3, -0.25) is 4.79 Å². The minimum absolute atomic E-state index is 0.247. The van der Waals surface area contributed by atoms with Gasteiger partial charge in [-0.15, -0.1) is 0 Å². The van der Waals surface area contributed by atoms with Gasteiger partial charge in [-0.2, -0.15) is 0 Å². The number of unbranched alkanes of at least 4 members (excludes halogenated alkanes) is 55. The lowest BCUT2D eigenvalue weighted by atomic mass is 9.96. The summed E-state index contributed by atoms with van der Waals surface area (Å²) in [6.45, 7) is 1.80. The Kier molecular flexibility index (Phi) is 65.2. The van der Waals surface area contributed by atoms with Crippen molar-refractivity contribution in [2.75, 3.05) is 26.4 Å². The van der Waals surface area contributed by atoms with Gasteiger partial charge >= 0.3 is 0 Å². The van der Waals surface area contributed by atoms with Crippen molar-refractivity contribution in [3.05, 3.63) is 36.5 Å². The van der Waals surface area contributed by atoms with Crippen LogP contribution >= 0.6 is 0 Å². The molecule has 17 unspecified atom stereocenters. The van der Waals surface area contributed by atoms with Gasteiger partial charge in [0.05, 0.1) is 38.6 Å². The second-order valence-electron chi connectivity index (χ2n) is 32.8. The maximum Gasteiger partial charge on any atom is 0.220 e. The molecule has 0 aromatic heterocycles. The third kappa shape index (κ3) is 49.0. The number of hydrogen-bond donors (Lipinski definition) is 12. The fourth-order valence-corrected chi connectivity index (χ4v) is 15.6. The first-order chi connectivity index (χ1) is 53.3. The van der Waals surface area contributed by atoms with Crippen molar-refractivity contribution in [2.24, 2.45) is 0 Å². The molecule has 17 atom stereocenters. The van der Waals surface area contributed by atoms with Crippen LogP contribution in [0.1, 0.15) is 399 Å². The number of nitrogens with one attached hydrogen (secondary N) is 1. The number of aliphatic hydroxyl groups is 11. The molecule has 19 nitrogen and oxygen atoms in total. The van der Waals surface area contributed by atoms with Crippen LogP contribution in [0.25, 0.3) is 0 Å². The Hall–Kier alpha value is -1.99. The molecule has 0 aromatic rings. The number of ether oxygens (including phenoxy) is 6. The van der Waals surface area contributed by atoms with Crippen molar-refractivity contribution < 1.29 is 89.4 Å². The second kappa shape index (κ2) is 70.2. The fourth-order valence-electron chi connectivity index (χ4n) is 15.6. The minimum atomic E-state index is -1.98. The maximum atomic E-state index is 13.5. The van der Waals surface area contributed by atoms with E-state index in [4.69, 9.17) is 28.4 Å². The molecule has 1 amide bonds. The molecule has 3 heterocycles. The van der Waals surface area contributed by atoms with Crippen molar-refractivity contribution in [3.63, 3.8) is 0 Å². The van der Waals surface area contributed by atoms with Crippen molar-refractivity contribution in [1.82, 2.24) is 5.32 Å². The number of carbonyl (C=O) groups is 1. The SMILES string of the molecule is CCCCCCC/C=C\C/C=C\CCCCCCCCCCCCCCCCCCCCCC(=O)NC(COC1OC(CO)C(OC2OC(CO)C(OC3OC(CO)C(O)C(O)C3O)C(O)C2O)C(O)C1O)C(O)/C=C/CCCCCCCCCCCCCCCCCCCCCCCCCCCCCCCCC. The Morgan fingerprint density at radius 1 is 0.330 bits per heavy atom. The second-order valence-corrected chi connectivity index (χ2v) is 32.8. The summed E-state index contributed by atoms with van der Waals surface area (Å²) < 4.78 is 34.5. The monoisotopic (exact) mass is 1550 g/mol. The van der Waals surface area contributed by atoms with Gasteiger partial charge in [0.15, 0.2) is 18.9 Å². The Labute approximate surface area is 663 Å². The average Bonchev–Trinajstić information content (AvgIpc) is 0.782. The maximum absolute atomic E-state index is 13.5. The highest BCUT2D eigenvalue weighted by Gasteiger charge is 2.54. The van der Waals surface area contributed by atoms with E-state index in [0.29, 0.717) is 6.42 Å². The van der Waals surface area contributed by atoms with Crippen LogP contribution in [-0.4, -0.2) is 193 Å². The summed E-state index contributed by atoms with van der Waals surface area (Å²) in [5.41, 5.74) is 0. The van der Waals surface area contributed by atoms with Crippen molar-refractivity contribution in [1.29, 1.82) is 0 Å². The molecule has 19 heteroatoms. The minimum Gasteiger partial charge on any atom is -0.394 e. The zero-order valence-corrected chi connectivity index (χ0v) is 69.3. The smallest absolute Gasteiger partial charge is 0.220 e. The molecular formula is C90H169NO18. The van der Waals surface area contributed by atoms with E-state index in [1.54, 1.807) is 6.08 Å². The Bertz CT molecular complexity index is 2100. The highest BCUT2D eigenvalue weighted by atomic mass is 16.8. The Balaban J connectivity index is 1.33. The molecule has 0 spiro atoms. The van der Waals surface area contributed by atoms with Gasteiger partial charge in [-0.05, 0) is 51.4 Å². The topological polar surface area (TPSA) is 307 Å². The van der Waals surface area contributed by atoms with Gasteiger partial charge in [0.2, 0.25) is 5.91 Å². The van der Waals surface area contributed by atoms with Gasteiger partial charge in [0.25, 0.3) is 0 Å². The number of allylic oxidation sites excluding steroid dienone is 5. The molecule has 0 bridgehead atoms. The number of rotatable bonds is 75. The Morgan fingerprint density at radius 2 is 0.606 bits per heavy atom. The van der Waals surface area contributed by atoms with Crippen LogP contribution in [0.5, 0.6) is 0 Å². The van der Waals surface area contributed by atoms with E-state index in [1.807, 2.05) is 6.08 Å². The lowest BCUT2D eigenvalue weighted by Crippen LogP contribution is -2.66. The van der Waals surface area contributed by atoms with Gasteiger partial charge in [0.1, 0.15) is 73.2 Å². The number of carbonyl (C=O) groups excluding carboxylic acids is 1. The predicted molar refractivity (Wildman–Crippen MR) is 439 cm³/mol. The Morgan fingerprint density at radius 3 is 0.936 bits per heavy atom. The van der Waals surface area contributed by atoms with E-state index in [-0.39, 0.29) is 18.9 Å². The third-order valence-corrected chi connectivity index (χ3v) is 22.9. The van der Waals surface area contributed by atoms with Crippen molar-refractivity contribution in [3.8, 4) is 0 Å². The molecule has 12 N–H and O–H groups in total. The number of hydrogen-bond acceptors (Lipinski definition) is 18. The third-order valence-electron chi connectivity index (χ3n) is 22.9. The van der Waals surface area contributed by atoms with Crippen molar-refractivity contribution in [2.45, 2.75) is 503 Å². The molecule has 3 saturated heterocycles. The zero-order chi connectivity index (χ0) is 78.8. The van der Waals surface area contributed by atoms with E-state index in [0.717, 1.165) is 51.4 Å². The molecule has 642 valence electrons. The first kappa shape index (κ1) is 101. The summed E-state index contributed by atoms with van der Waals surface area (Å²) in [7, 11) is 0. The quantitative estimate of drug-likeness (QED) is 0.0199. The van der Waals surface area contributed by atoms with Crippen LogP contribution in [0.3, 0.4) is 0 Å². The van der Waals surface area contributed by atoms with Crippen LogP contribution in [0.15, 0.2) is 36.5 Å². The first-order valence-corrected chi connectivity index (χ1v) is 45.7. The standard InChI is InChI=1S/C90H169NO18/c1-3-5-7-9-11-13-15-17-19-21-23-25-27-29-31-33-35-36-38-39-41-43-45-47-49-51-53-55-57-59-61-63-65-67-74(95)73(91-78(96)68-66-64-62-60-58-56-54-52-50-48-46-44-42-40-37-34-32-30-28-26-24-22-20-18-16-14-12-10-8-6-4-2)72-104-88-84(102)81(99)86(76(70-93)106-88)109-90-85(103)82(100)87(77(71-94)107-90)108-89-83(101)80(98)79(97)75(69-92)105-89/h16,18,22,24,65,67,73-77,79-90,92-95,97-103H,3-15,17,19-21,23,25-64,66,68-72H2,1-2H3,(H,91,96)/b18-16-,24-22-,67-65+. The van der Waals surface area contributed by atoms with Gasteiger partial charge in [-0.1, -0.05) is 378 Å². The lowest BCUT2D eigenvalue weighted by Gasteiger charge is -2.48. The normalized spacial score (nSPS) is 25.4. The van der Waals surface area contributed by atoms with Crippen LogP contribution in [0.2, 0.25) is 0 Å². The van der Waals surface area contributed by atoms with E-state index in [2.05, 4.69) is 43.5 Å². The first-order valence-electron chi connectivity index (χ1n) is 45.7. The summed E-state index contributed by atoms with van der Waals surface area (Å²) in [4.78, 5) is 13.5. The average molecular weight is 1550 g/mol. The summed E-state index contributed by atoms with van der Waals surface area (Å²) in [5, 5.41) is 121. The van der Waals surface area contributed by atoms with E-state index in [1.165, 1.54) is 321 Å². The number of aliphatic hydroxyl groups excluding tert-OH is 11.